The number of benzene rings is 1. The van der Waals surface area contributed by atoms with E-state index in [9.17, 15) is 4.79 Å². The summed E-state index contributed by atoms with van der Waals surface area (Å²) < 4.78 is 0. The van der Waals surface area contributed by atoms with Gasteiger partial charge in [0.2, 0.25) is 5.91 Å². The van der Waals surface area contributed by atoms with Gasteiger partial charge in [0, 0.05) is 38.2 Å². The Morgan fingerprint density at radius 2 is 2.22 bits per heavy atom. The maximum absolute atomic E-state index is 11.0. The van der Waals surface area contributed by atoms with Gasteiger partial charge in [-0.25, -0.2) is 0 Å². The van der Waals surface area contributed by atoms with Crippen LogP contribution in [0.15, 0.2) is 18.2 Å². The molecular weight excluding hydrogens is 224 g/mol. The van der Waals surface area contributed by atoms with Gasteiger partial charge >= 0.3 is 0 Å². The minimum Gasteiger partial charge on any atom is -0.373 e. The average molecular weight is 246 g/mol. The van der Waals surface area contributed by atoms with Crippen LogP contribution < -0.4 is 10.2 Å². The number of hydrogen-bond acceptors (Lipinski definition) is 2. The first-order valence-corrected chi connectivity index (χ1v) is 6.50. The molecule has 2 rings (SSSR count). The number of nitrogens with one attached hydrogen (secondary N) is 1. The monoisotopic (exact) mass is 246 g/mol. The van der Waals surface area contributed by atoms with E-state index in [1.165, 1.54) is 16.8 Å². The number of nitrogens with zero attached hydrogens (tertiary/aromatic N) is 1. The van der Waals surface area contributed by atoms with Crippen molar-refractivity contribution in [1.29, 1.82) is 0 Å². The Balaban J connectivity index is 2.22. The summed E-state index contributed by atoms with van der Waals surface area (Å²) in [4.78, 5) is 13.3. The Kier molecular flexibility index (Phi) is 3.33. The molecule has 1 heterocycles. The molecule has 1 unspecified atom stereocenters. The number of rotatable bonds is 3. The van der Waals surface area contributed by atoms with E-state index in [-0.39, 0.29) is 11.3 Å². The van der Waals surface area contributed by atoms with Crippen LogP contribution >= 0.6 is 0 Å². The van der Waals surface area contributed by atoms with Crippen LogP contribution in [-0.4, -0.2) is 26.0 Å². The number of amides is 1. The SMILES string of the molecule is CC(=O)NCCC1(C)CN(C)c2c(C)cccc21. The Morgan fingerprint density at radius 3 is 2.89 bits per heavy atom. The number of carbonyl (C=O) groups is 1. The fourth-order valence-corrected chi connectivity index (χ4v) is 3.07. The van der Waals surface area contributed by atoms with E-state index >= 15 is 0 Å². The fourth-order valence-electron chi connectivity index (χ4n) is 3.07. The molecule has 0 radical (unpaired) electrons. The molecule has 0 aliphatic carbocycles. The van der Waals surface area contributed by atoms with E-state index in [1.54, 1.807) is 6.92 Å². The maximum Gasteiger partial charge on any atom is 0.216 e. The number of fused-ring (bicyclic) bond motifs is 1. The lowest BCUT2D eigenvalue weighted by Crippen LogP contribution is -2.33. The van der Waals surface area contributed by atoms with Crippen LogP contribution in [0.3, 0.4) is 0 Å². The van der Waals surface area contributed by atoms with Crippen LogP contribution in [0.4, 0.5) is 5.69 Å². The molecule has 1 amide bonds. The van der Waals surface area contributed by atoms with Crippen molar-refractivity contribution < 1.29 is 4.79 Å². The molecule has 1 aromatic carbocycles. The Hall–Kier alpha value is -1.51. The highest BCUT2D eigenvalue weighted by atomic mass is 16.1. The summed E-state index contributed by atoms with van der Waals surface area (Å²) in [5.41, 5.74) is 4.25. The topological polar surface area (TPSA) is 32.3 Å². The number of likely N-dealkylation sites (N-methyl/N-ethyl adjacent to an activating group) is 1. The highest BCUT2D eigenvalue weighted by Crippen LogP contribution is 2.43. The van der Waals surface area contributed by atoms with Crippen molar-refractivity contribution in [2.45, 2.75) is 32.6 Å². The summed E-state index contributed by atoms with van der Waals surface area (Å²) >= 11 is 0. The molecule has 0 spiro atoms. The van der Waals surface area contributed by atoms with Gasteiger partial charge in [0.25, 0.3) is 0 Å². The van der Waals surface area contributed by atoms with Crippen molar-refractivity contribution in [3.05, 3.63) is 29.3 Å². The largest absolute Gasteiger partial charge is 0.373 e. The minimum atomic E-state index is 0.0504. The summed E-state index contributed by atoms with van der Waals surface area (Å²) in [6, 6.07) is 6.51. The molecule has 0 bridgehead atoms. The third-order valence-electron chi connectivity index (χ3n) is 3.91. The lowest BCUT2D eigenvalue weighted by Gasteiger charge is -2.25. The molecule has 1 aromatic rings. The first kappa shape index (κ1) is 12.9. The van der Waals surface area contributed by atoms with E-state index in [1.807, 2.05) is 0 Å². The standard InChI is InChI=1S/C15H22N2O/c1-11-6-5-7-13-14(11)17(4)10-15(13,3)8-9-16-12(2)18/h5-7H,8-10H2,1-4H3,(H,16,18). The smallest absolute Gasteiger partial charge is 0.216 e. The molecule has 1 N–H and O–H groups in total. The summed E-state index contributed by atoms with van der Waals surface area (Å²) in [6.07, 6.45) is 0.980. The van der Waals surface area contributed by atoms with E-state index in [4.69, 9.17) is 0 Å². The molecule has 0 fully saturated rings. The zero-order chi connectivity index (χ0) is 13.3. The van der Waals surface area contributed by atoms with Crippen molar-refractivity contribution in [2.75, 3.05) is 25.0 Å². The van der Waals surface area contributed by atoms with Gasteiger partial charge < -0.3 is 10.2 Å². The second-order valence-corrected chi connectivity index (χ2v) is 5.62. The van der Waals surface area contributed by atoms with Crippen LogP contribution in [0.5, 0.6) is 0 Å². The average Bonchev–Trinajstić information content (AvgIpc) is 2.52. The lowest BCUT2D eigenvalue weighted by molar-refractivity contribution is -0.119. The number of aryl methyl sites for hydroxylation is 1. The Labute approximate surface area is 109 Å². The van der Waals surface area contributed by atoms with E-state index in [0.29, 0.717) is 0 Å². The van der Waals surface area contributed by atoms with Crippen LogP contribution in [0.2, 0.25) is 0 Å². The van der Waals surface area contributed by atoms with Crippen molar-refractivity contribution >= 4 is 11.6 Å². The highest BCUT2D eigenvalue weighted by molar-refractivity contribution is 5.72. The van der Waals surface area contributed by atoms with Gasteiger partial charge in [0.15, 0.2) is 0 Å². The number of anilines is 1. The molecule has 0 saturated carbocycles. The first-order chi connectivity index (χ1) is 8.44. The van der Waals surface area contributed by atoms with Crippen molar-refractivity contribution in [3.8, 4) is 0 Å². The zero-order valence-corrected chi connectivity index (χ0v) is 11.7. The van der Waals surface area contributed by atoms with Crippen LogP contribution in [0.1, 0.15) is 31.4 Å². The Morgan fingerprint density at radius 1 is 1.50 bits per heavy atom. The fraction of sp³-hybridized carbons (Fsp3) is 0.533. The quantitative estimate of drug-likeness (QED) is 0.887. The van der Waals surface area contributed by atoms with Crippen molar-refractivity contribution in [1.82, 2.24) is 5.32 Å². The van der Waals surface area contributed by atoms with Gasteiger partial charge in [-0.15, -0.1) is 0 Å². The third kappa shape index (κ3) is 2.22. The van der Waals surface area contributed by atoms with Gasteiger partial charge in [-0.2, -0.15) is 0 Å². The molecule has 0 saturated heterocycles. The van der Waals surface area contributed by atoms with Crippen molar-refractivity contribution in [3.63, 3.8) is 0 Å². The maximum atomic E-state index is 11.0. The third-order valence-corrected chi connectivity index (χ3v) is 3.91. The second-order valence-electron chi connectivity index (χ2n) is 5.62. The second kappa shape index (κ2) is 4.63. The molecule has 1 aliphatic rings. The molecule has 1 atom stereocenters. The van der Waals surface area contributed by atoms with Gasteiger partial charge in [-0.3, -0.25) is 4.79 Å². The van der Waals surface area contributed by atoms with E-state index in [2.05, 4.69) is 49.3 Å². The summed E-state index contributed by atoms with van der Waals surface area (Å²) in [5.74, 6) is 0.0504. The zero-order valence-electron chi connectivity index (χ0n) is 11.7. The normalized spacial score (nSPS) is 21.9. The van der Waals surface area contributed by atoms with Gasteiger partial charge in [0.1, 0.15) is 0 Å². The molecule has 0 aromatic heterocycles. The number of carbonyl (C=O) groups excluding carboxylic acids is 1. The molecule has 1 aliphatic heterocycles. The van der Waals surface area contributed by atoms with Crippen LogP contribution in [0.25, 0.3) is 0 Å². The highest BCUT2D eigenvalue weighted by Gasteiger charge is 2.37. The summed E-state index contributed by atoms with van der Waals surface area (Å²) in [5, 5.41) is 2.90. The Bertz CT molecular complexity index is 470. The summed E-state index contributed by atoms with van der Waals surface area (Å²) in [7, 11) is 2.15. The number of hydrogen-bond donors (Lipinski definition) is 1. The molecule has 98 valence electrons. The van der Waals surface area contributed by atoms with Crippen molar-refractivity contribution in [2.24, 2.45) is 0 Å². The predicted molar refractivity (Wildman–Crippen MR) is 75.1 cm³/mol. The molecule has 18 heavy (non-hydrogen) atoms. The van der Waals surface area contributed by atoms with E-state index < -0.39 is 0 Å². The number of para-hydroxylation sites is 1. The molecule has 3 heteroatoms. The van der Waals surface area contributed by atoms with E-state index in [0.717, 1.165) is 19.5 Å². The van der Waals surface area contributed by atoms with Gasteiger partial charge in [-0.1, -0.05) is 25.1 Å². The predicted octanol–water partition coefficient (Wildman–Crippen LogP) is 2.23. The van der Waals surface area contributed by atoms with Gasteiger partial charge in [-0.05, 0) is 24.5 Å². The summed E-state index contributed by atoms with van der Waals surface area (Å²) in [6.45, 7) is 7.78. The minimum absolute atomic E-state index is 0.0504. The van der Waals surface area contributed by atoms with Crippen LogP contribution in [0, 0.1) is 6.92 Å². The molecule has 3 nitrogen and oxygen atoms in total. The lowest BCUT2D eigenvalue weighted by atomic mass is 9.81. The van der Waals surface area contributed by atoms with Crippen LogP contribution in [-0.2, 0) is 10.2 Å². The van der Waals surface area contributed by atoms with Gasteiger partial charge in [0.05, 0.1) is 0 Å². The molecular formula is C15H22N2O. The first-order valence-electron chi connectivity index (χ1n) is 6.50.